The fourth-order valence-corrected chi connectivity index (χ4v) is 3.65. The summed E-state index contributed by atoms with van der Waals surface area (Å²) in [4.78, 5) is 6.52. The summed E-state index contributed by atoms with van der Waals surface area (Å²) in [7, 11) is 3.84. The average Bonchev–Trinajstić information content (AvgIpc) is 2.70. The summed E-state index contributed by atoms with van der Waals surface area (Å²) in [5, 5.41) is 3.37. The van der Waals surface area contributed by atoms with Gasteiger partial charge in [0.05, 0.1) is 6.61 Å². The quantitative estimate of drug-likeness (QED) is 0.608. The van der Waals surface area contributed by atoms with Gasteiger partial charge in [0.1, 0.15) is 11.6 Å². The molecule has 3 rings (SSSR count). The van der Waals surface area contributed by atoms with Crippen molar-refractivity contribution in [2.45, 2.75) is 32.3 Å². The predicted octanol–water partition coefficient (Wildman–Crippen LogP) is 2.56. The summed E-state index contributed by atoms with van der Waals surface area (Å²) in [6, 6.07) is 3.03. The van der Waals surface area contributed by atoms with Gasteiger partial charge in [-0.2, -0.15) is 0 Å². The molecule has 2 heterocycles. The predicted molar refractivity (Wildman–Crippen MR) is 103 cm³/mol. The molecule has 0 bridgehead atoms. The van der Waals surface area contributed by atoms with Crippen molar-refractivity contribution in [3.63, 3.8) is 0 Å². The topological polar surface area (TPSA) is 55.3 Å². The van der Waals surface area contributed by atoms with Crippen LogP contribution in [0.2, 0.25) is 0 Å². The molecule has 0 unspecified atom stereocenters. The number of hydrogen-bond donors (Lipinski definition) is 1. The molecule has 27 heavy (non-hydrogen) atoms. The van der Waals surface area contributed by atoms with Crippen molar-refractivity contribution >= 4 is 5.96 Å². The van der Waals surface area contributed by atoms with E-state index in [9.17, 15) is 4.39 Å². The van der Waals surface area contributed by atoms with E-state index in [1.165, 1.54) is 6.07 Å². The largest absolute Gasteiger partial charge is 0.467 e. The molecule has 0 aromatic heterocycles. The van der Waals surface area contributed by atoms with Crippen LogP contribution in [0.3, 0.4) is 0 Å². The number of hydrogen-bond acceptors (Lipinski definition) is 4. The summed E-state index contributed by atoms with van der Waals surface area (Å²) in [6.07, 6.45) is 4.10. The normalized spacial score (nSPS) is 18.0. The summed E-state index contributed by atoms with van der Waals surface area (Å²) in [6.45, 7) is 3.99. The maximum atomic E-state index is 13.8. The molecule has 1 aromatic carbocycles. The van der Waals surface area contributed by atoms with Crippen molar-refractivity contribution < 1.29 is 18.6 Å². The van der Waals surface area contributed by atoms with Gasteiger partial charge >= 0.3 is 0 Å². The molecule has 0 atom stereocenters. The van der Waals surface area contributed by atoms with Crippen LogP contribution in [0.15, 0.2) is 17.1 Å². The van der Waals surface area contributed by atoms with Crippen LogP contribution < -0.4 is 10.1 Å². The van der Waals surface area contributed by atoms with Crippen molar-refractivity contribution in [3.05, 3.63) is 29.1 Å². The lowest BCUT2D eigenvalue weighted by Crippen LogP contribution is -2.40. The van der Waals surface area contributed by atoms with E-state index in [4.69, 9.17) is 14.2 Å². The SMILES string of the molecule is CN=C(NCCc1cc(F)cc2c1OCOC2)N(C)CCC1CCOCC1. The van der Waals surface area contributed by atoms with Gasteiger partial charge in [-0.3, -0.25) is 4.99 Å². The summed E-state index contributed by atoms with van der Waals surface area (Å²) in [5.41, 5.74) is 1.63. The van der Waals surface area contributed by atoms with E-state index >= 15 is 0 Å². The fourth-order valence-electron chi connectivity index (χ4n) is 3.65. The number of benzene rings is 1. The summed E-state index contributed by atoms with van der Waals surface area (Å²) < 4.78 is 30.1. The summed E-state index contributed by atoms with van der Waals surface area (Å²) >= 11 is 0. The average molecular weight is 379 g/mol. The Morgan fingerprint density at radius 2 is 2.11 bits per heavy atom. The number of ether oxygens (including phenoxy) is 3. The van der Waals surface area contributed by atoms with Gasteiger partial charge in [-0.1, -0.05) is 0 Å². The first-order valence-corrected chi connectivity index (χ1v) is 9.68. The number of nitrogens with one attached hydrogen (secondary N) is 1. The first-order chi connectivity index (χ1) is 13.2. The van der Waals surface area contributed by atoms with Crippen LogP contribution in [0, 0.1) is 11.7 Å². The Morgan fingerprint density at radius 3 is 2.89 bits per heavy atom. The van der Waals surface area contributed by atoms with Crippen molar-refractivity contribution in [1.82, 2.24) is 10.2 Å². The van der Waals surface area contributed by atoms with Crippen LogP contribution in [-0.4, -0.2) is 58.1 Å². The fraction of sp³-hybridized carbons (Fsp3) is 0.650. The van der Waals surface area contributed by atoms with Gasteiger partial charge in [0.25, 0.3) is 0 Å². The molecule has 2 aliphatic rings. The zero-order chi connectivity index (χ0) is 19.1. The molecule has 1 N–H and O–H groups in total. The minimum Gasteiger partial charge on any atom is -0.467 e. The number of guanidine groups is 1. The van der Waals surface area contributed by atoms with E-state index < -0.39 is 0 Å². The van der Waals surface area contributed by atoms with Crippen LogP contribution >= 0.6 is 0 Å². The highest BCUT2D eigenvalue weighted by Crippen LogP contribution is 2.29. The Labute approximate surface area is 160 Å². The minimum absolute atomic E-state index is 0.218. The lowest BCUT2D eigenvalue weighted by molar-refractivity contribution is -0.0172. The van der Waals surface area contributed by atoms with E-state index in [2.05, 4.69) is 22.3 Å². The monoisotopic (exact) mass is 379 g/mol. The lowest BCUT2D eigenvalue weighted by Gasteiger charge is -2.27. The van der Waals surface area contributed by atoms with Gasteiger partial charge in [0.15, 0.2) is 12.8 Å². The van der Waals surface area contributed by atoms with E-state index in [0.717, 1.165) is 67.8 Å². The molecule has 0 radical (unpaired) electrons. The second-order valence-electron chi connectivity index (χ2n) is 7.15. The van der Waals surface area contributed by atoms with Gasteiger partial charge in [-0.05, 0) is 49.3 Å². The molecule has 1 fully saturated rings. The molecule has 0 saturated carbocycles. The smallest absolute Gasteiger partial charge is 0.193 e. The van der Waals surface area contributed by atoms with E-state index in [-0.39, 0.29) is 12.6 Å². The maximum absolute atomic E-state index is 13.8. The highest BCUT2D eigenvalue weighted by Gasteiger charge is 2.18. The van der Waals surface area contributed by atoms with Crippen molar-refractivity contribution in [3.8, 4) is 5.75 Å². The van der Waals surface area contributed by atoms with Crippen LogP contribution in [0.4, 0.5) is 4.39 Å². The first kappa shape index (κ1) is 19.9. The molecular formula is C20H30FN3O3. The molecular weight excluding hydrogens is 349 g/mol. The highest BCUT2D eigenvalue weighted by atomic mass is 19.1. The third kappa shape index (κ3) is 5.56. The Balaban J connectivity index is 1.49. The van der Waals surface area contributed by atoms with Crippen LogP contribution in [-0.2, 0) is 22.5 Å². The summed E-state index contributed by atoms with van der Waals surface area (Å²) in [5.74, 6) is 2.09. The van der Waals surface area contributed by atoms with Gasteiger partial charge in [0.2, 0.25) is 0 Å². The molecule has 1 saturated heterocycles. The maximum Gasteiger partial charge on any atom is 0.193 e. The molecule has 1 aromatic rings. The number of rotatable bonds is 6. The molecule has 0 spiro atoms. The number of aliphatic imine (C=N–C) groups is 1. The highest BCUT2D eigenvalue weighted by molar-refractivity contribution is 5.79. The Kier molecular flexibility index (Phi) is 7.29. The Morgan fingerprint density at radius 1 is 1.30 bits per heavy atom. The molecule has 6 nitrogen and oxygen atoms in total. The van der Waals surface area contributed by atoms with E-state index in [1.807, 2.05) is 0 Å². The van der Waals surface area contributed by atoms with Gasteiger partial charge in [-0.15, -0.1) is 0 Å². The number of halogens is 1. The third-order valence-electron chi connectivity index (χ3n) is 5.22. The molecule has 150 valence electrons. The van der Waals surface area contributed by atoms with Crippen LogP contribution in [0.5, 0.6) is 5.75 Å². The first-order valence-electron chi connectivity index (χ1n) is 9.68. The molecule has 7 heteroatoms. The van der Waals surface area contributed by atoms with Crippen molar-refractivity contribution in [2.75, 3.05) is 47.2 Å². The van der Waals surface area contributed by atoms with E-state index in [0.29, 0.717) is 19.6 Å². The minimum atomic E-state index is -0.254. The lowest BCUT2D eigenvalue weighted by atomic mass is 9.96. The molecule has 0 aliphatic carbocycles. The van der Waals surface area contributed by atoms with Gasteiger partial charge < -0.3 is 24.4 Å². The third-order valence-corrected chi connectivity index (χ3v) is 5.22. The van der Waals surface area contributed by atoms with Gasteiger partial charge in [-0.25, -0.2) is 4.39 Å². The zero-order valence-corrected chi connectivity index (χ0v) is 16.3. The number of fused-ring (bicyclic) bond motifs is 1. The second kappa shape index (κ2) is 9.90. The Bertz CT molecular complexity index is 648. The number of nitrogens with zero attached hydrogens (tertiary/aromatic N) is 2. The van der Waals surface area contributed by atoms with Crippen molar-refractivity contribution in [1.29, 1.82) is 0 Å². The van der Waals surface area contributed by atoms with Crippen LogP contribution in [0.25, 0.3) is 0 Å². The molecule has 0 amide bonds. The van der Waals surface area contributed by atoms with Gasteiger partial charge in [0, 0.05) is 46.0 Å². The molecule has 2 aliphatic heterocycles. The van der Waals surface area contributed by atoms with E-state index in [1.54, 1.807) is 13.1 Å². The zero-order valence-electron chi connectivity index (χ0n) is 16.3. The Hall–Kier alpha value is -1.86. The van der Waals surface area contributed by atoms with Crippen LogP contribution in [0.1, 0.15) is 30.4 Å². The second-order valence-corrected chi connectivity index (χ2v) is 7.15. The standard InChI is InChI=1S/C20H30FN3O3/c1-22-20(24(2)8-4-15-5-9-25-10-6-15)23-7-3-16-11-18(21)12-17-13-26-14-27-19(16)17/h11-12,15H,3-10,13-14H2,1-2H3,(H,22,23). The van der Waals surface area contributed by atoms with Crippen molar-refractivity contribution in [2.24, 2.45) is 10.9 Å².